The number of nitro benzene ring substituents is 1. The van der Waals surface area contributed by atoms with E-state index in [0.717, 1.165) is 12.1 Å². The lowest BCUT2D eigenvalue weighted by atomic mass is 10.3. The molecule has 0 radical (unpaired) electrons. The number of benzene rings is 1. The molecule has 15 heavy (non-hydrogen) atoms. The van der Waals surface area contributed by atoms with Crippen molar-refractivity contribution in [2.75, 3.05) is 13.2 Å². The van der Waals surface area contributed by atoms with E-state index in [9.17, 15) is 14.5 Å². The van der Waals surface area contributed by atoms with Crippen molar-refractivity contribution in [1.82, 2.24) is 0 Å². The van der Waals surface area contributed by atoms with Crippen molar-refractivity contribution < 1.29 is 19.2 Å². The molecule has 0 heterocycles. The lowest BCUT2D eigenvalue weighted by Gasteiger charge is -2.06. The average Bonchev–Trinajstić information content (AvgIpc) is 2.16. The van der Waals surface area contributed by atoms with Crippen molar-refractivity contribution in [2.45, 2.75) is 0 Å². The molecular weight excluding hydrogens is 229 g/mol. The molecule has 82 valence electrons. The van der Waals surface area contributed by atoms with Crippen molar-refractivity contribution in [3.8, 4) is 5.75 Å². The summed E-state index contributed by atoms with van der Waals surface area (Å²) in [4.78, 5) is 9.50. The number of ether oxygens (including phenoxy) is 1. The smallest absolute Gasteiger partial charge is 0.308 e. The quantitative estimate of drug-likeness (QED) is 0.638. The maximum atomic E-state index is 13.0. The molecule has 0 aromatic heterocycles. The highest BCUT2D eigenvalue weighted by Gasteiger charge is 2.18. The molecule has 0 aliphatic heterocycles. The number of nitrogens with zero attached hydrogens (tertiary/aromatic N) is 1. The minimum atomic E-state index is -1.03. The Morgan fingerprint density at radius 2 is 2.27 bits per heavy atom. The average molecular weight is 236 g/mol. The van der Waals surface area contributed by atoms with Crippen LogP contribution in [-0.2, 0) is 0 Å². The molecule has 0 aliphatic carbocycles. The lowest BCUT2D eigenvalue weighted by Crippen LogP contribution is -2.03. The van der Waals surface area contributed by atoms with E-state index in [1.165, 1.54) is 0 Å². The number of hydrogen-bond donors (Lipinski definition) is 1. The van der Waals surface area contributed by atoms with Gasteiger partial charge in [-0.25, -0.2) is 0 Å². The maximum absolute atomic E-state index is 13.0. The number of rotatable bonds is 4. The van der Waals surface area contributed by atoms with Gasteiger partial charge in [-0.1, -0.05) is 11.6 Å². The second-order valence-electron chi connectivity index (χ2n) is 2.56. The minimum absolute atomic E-state index is 0.0289. The highest BCUT2D eigenvalue weighted by atomic mass is 35.5. The summed E-state index contributed by atoms with van der Waals surface area (Å²) < 4.78 is 17.9. The second kappa shape index (κ2) is 4.90. The molecule has 1 N–H and O–H groups in total. The van der Waals surface area contributed by atoms with Crippen molar-refractivity contribution in [3.63, 3.8) is 0 Å². The fourth-order valence-corrected chi connectivity index (χ4v) is 1.13. The zero-order chi connectivity index (χ0) is 11.4. The number of nitro groups is 1. The third-order valence-corrected chi connectivity index (χ3v) is 1.84. The van der Waals surface area contributed by atoms with Gasteiger partial charge in [0.1, 0.15) is 12.4 Å². The van der Waals surface area contributed by atoms with Crippen LogP contribution in [0.15, 0.2) is 12.1 Å². The molecule has 1 aromatic rings. The second-order valence-corrected chi connectivity index (χ2v) is 2.97. The summed E-state index contributed by atoms with van der Waals surface area (Å²) in [6.45, 7) is -0.329. The summed E-state index contributed by atoms with van der Waals surface area (Å²) in [6, 6.07) is 1.68. The number of halogens is 2. The van der Waals surface area contributed by atoms with Crippen LogP contribution in [0.5, 0.6) is 5.75 Å². The molecule has 0 aliphatic rings. The molecule has 0 fully saturated rings. The van der Waals surface area contributed by atoms with Gasteiger partial charge in [0.15, 0.2) is 0 Å². The largest absolute Gasteiger partial charge is 0.489 e. The molecule has 0 saturated heterocycles. The van der Waals surface area contributed by atoms with Crippen LogP contribution >= 0.6 is 11.6 Å². The van der Waals surface area contributed by atoms with Gasteiger partial charge in [0.05, 0.1) is 22.6 Å². The Hall–Kier alpha value is -1.40. The summed E-state index contributed by atoms with van der Waals surface area (Å²) in [5.74, 6) is -1.06. The molecule has 0 amide bonds. The van der Waals surface area contributed by atoms with Crippen molar-refractivity contribution in [3.05, 3.63) is 33.1 Å². The maximum Gasteiger partial charge on any atom is 0.308 e. The zero-order valence-corrected chi connectivity index (χ0v) is 8.20. The first kappa shape index (κ1) is 11.7. The van der Waals surface area contributed by atoms with E-state index < -0.39 is 16.4 Å². The van der Waals surface area contributed by atoms with Crippen LogP contribution in [0.25, 0.3) is 0 Å². The molecule has 1 rings (SSSR count). The van der Waals surface area contributed by atoms with E-state index in [4.69, 9.17) is 21.4 Å². The molecule has 0 saturated carbocycles. The predicted molar refractivity (Wildman–Crippen MR) is 50.6 cm³/mol. The molecule has 1 aromatic carbocycles. The predicted octanol–water partition coefficient (Wildman–Crippen LogP) is 1.76. The molecule has 5 nitrogen and oxygen atoms in total. The SMILES string of the molecule is O=[N+]([O-])c1cc(OCCO)c(Cl)cc1F. The van der Waals surface area contributed by atoms with Crippen molar-refractivity contribution in [2.24, 2.45) is 0 Å². The number of hydrogen-bond acceptors (Lipinski definition) is 4. The number of aliphatic hydroxyl groups is 1. The third-order valence-electron chi connectivity index (χ3n) is 1.55. The molecular formula is C8H7ClFNO4. The fourth-order valence-electron chi connectivity index (χ4n) is 0.925. The van der Waals surface area contributed by atoms with Gasteiger partial charge < -0.3 is 9.84 Å². The fraction of sp³-hybridized carbons (Fsp3) is 0.250. The highest BCUT2D eigenvalue weighted by molar-refractivity contribution is 6.32. The molecule has 0 spiro atoms. The molecule has 0 bridgehead atoms. The van der Waals surface area contributed by atoms with Gasteiger partial charge in [0.2, 0.25) is 5.82 Å². The Balaban J connectivity index is 3.06. The summed E-state index contributed by atoms with van der Waals surface area (Å²) in [5.41, 5.74) is -0.715. The summed E-state index contributed by atoms with van der Waals surface area (Å²) in [7, 11) is 0. The summed E-state index contributed by atoms with van der Waals surface area (Å²) >= 11 is 5.57. The molecule has 0 atom stereocenters. The first-order valence-electron chi connectivity index (χ1n) is 3.93. The van der Waals surface area contributed by atoms with Crippen LogP contribution in [-0.4, -0.2) is 23.2 Å². The van der Waals surface area contributed by atoms with Gasteiger partial charge in [-0.2, -0.15) is 4.39 Å². The standard InChI is InChI=1S/C8H7ClFNO4/c9-5-3-6(10)7(11(13)14)4-8(5)15-2-1-12/h3-4,12H,1-2H2. The van der Waals surface area contributed by atoms with Crippen LogP contribution in [0.1, 0.15) is 0 Å². The first-order chi connectivity index (χ1) is 7.06. The van der Waals surface area contributed by atoms with Gasteiger partial charge >= 0.3 is 5.69 Å². The minimum Gasteiger partial charge on any atom is -0.489 e. The topological polar surface area (TPSA) is 72.6 Å². The van der Waals surface area contributed by atoms with E-state index in [2.05, 4.69) is 0 Å². The Morgan fingerprint density at radius 3 is 2.80 bits per heavy atom. The zero-order valence-electron chi connectivity index (χ0n) is 7.44. The van der Waals surface area contributed by atoms with Gasteiger partial charge in [-0.3, -0.25) is 10.1 Å². The van der Waals surface area contributed by atoms with E-state index in [-0.39, 0.29) is 24.0 Å². The van der Waals surface area contributed by atoms with Gasteiger partial charge in [-0.05, 0) is 0 Å². The van der Waals surface area contributed by atoms with E-state index in [1.54, 1.807) is 0 Å². The Kier molecular flexibility index (Phi) is 3.81. The van der Waals surface area contributed by atoms with E-state index >= 15 is 0 Å². The van der Waals surface area contributed by atoms with Crippen LogP contribution in [0.2, 0.25) is 5.02 Å². The Bertz CT molecular complexity index is 385. The monoisotopic (exact) mass is 235 g/mol. The Labute approximate surface area is 89.2 Å². The van der Waals surface area contributed by atoms with Crippen LogP contribution < -0.4 is 4.74 Å². The van der Waals surface area contributed by atoms with Crippen molar-refractivity contribution in [1.29, 1.82) is 0 Å². The molecule has 7 heteroatoms. The van der Waals surface area contributed by atoms with Gasteiger partial charge in [0.25, 0.3) is 0 Å². The summed E-state index contributed by atoms with van der Waals surface area (Å²) in [6.07, 6.45) is 0. The van der Waals surface area contributed by atoms with Crippen molar-refractivity contribution >= 4 is 17.3 Å². The van der Waals surface area contributed by atoms with E-state index in [0.29, 0.717) is 0 Å². The normalized spacial score (nSPS) is 10.1. The van der Waals surface area contributed by atoms with Crippen LogP contribution in [0, 0.1) is 15.9 Å². The highest BCUT2D eigenvalue weighted by Crippen LogP contribution is 2.31. The number of aliphatic hydroxyl groups excluding tert-OH is 1. The van der Waals surface area contributed by atoms with Gasteiger partial charge in [0, 0.05) is 6.07 Å². The van der Waals surface area contributed by atoms with E-state index in [1.807, 2.05) is 0 Å². The molecule has 0 unspecified atom stereocenters. The van der Waals surface area contributed by atoms with Crippen LogP contribution in [0.4, 0.5) is 10.1 Å². The lowest BCUT2D eigenvalue weighted by molar-refractivity contribution is -0.387. The summed E-state index contributed by atoms with van der Waals surface area (Å²) in [5, 5.41) is 18.8. The third kappa shape index (κ3) is 2.77. The van der Waals surface area contributed by atoms with Crippen LogP contribution in [0.3, 0.4) is 0 Å². The first-order valence-corrected chi connectivity index (χ1v) is 4.31. The van der Waals surface area contributed by atoms with Gasteiger partial charge in [-0.15, -0.1) is 0 Å². The Morgan fingerprint density at radius 1 is 1.60 bits per heavy atom.